The van der Waals surface area contributed by atoms with E-state index in [4.69, 9.17) is 16.3 Å². The molecule has 1 aliphatic carbocycles. The number of ether oxygens (including phenoxy) is 1. The first-order chi connectivity index (χ1) is 15.9. The third-order valence-electron chi connectivity index (χ3n) is 6.13. The van der Waals surface area contributed by atoms with E-state index < -0.39 is 17.8 Å². The average Bonchev–Trinajstić information content (AvgIpc) is 3.03. The molecule has 2 aromatic rings. The van der Waals surface area contributed by atoms with Gasteiger partial charge in [-0.05, 0) is 54.7 Å². The molecule has 1 saturated carbocycles. The number of nitrogens with zero attached hydrogens (tertiary/aromatic N) is 1. The number of amides is 2. The van der Waals surface area contributed by atoms with Crippen molar-refractivity contribution >= 4 is 35.1 Å². The number of imide groups is 1. The van der Waals surface area contributed by atoms with Crippen LogP contribution in [0.3, 0.4) is 0 Å². The van der Waals surface area contributed by atoms with Crippen molar-refractivity contribution in [1.82, 2.24) is 4.90 Å². The van der Waals surface area contributed by atoms with Crippen molar-refractivity contribution in [3.8, 4) is 5.75 Å². The van der Waals surface area contributed by atoms with E-state index >= 15 is 0 Å². The minimum atomic E-state index is -0.470. The molecule has 2 aliphatic rings. The largest absolute Gasteiger partial charge is 0.423 e. The molecule has 0 atom stereocenters. The summed E-state index contributed by atoms with van der Waals surface area (Å²) in [4.78, 5) is 39.5. The standard InChI is InChI=1S/C26H27ClN2O4/c1-16(2)20-10-6-7-11-21(20)33-26(32)17-12-14-18(15-13-17)28-23-22(27)24(30)29(25(23)31)19-8-4-3-5-9-19/h6-7,10-16,19,28H,3-5,8-9H2,1-2H3. The lowest BCUT2D eigenvalue weighted by Crippen LogP contribution is -2.42. The molecule has 7 heteroatoms. The Hall–Kier alpha value is -3.12. The second-order valence-corrected chi connectivity index (χ2v) is 9.12. The zero-order valence-corrected chi connectivity index (χ0v) is 19.5. The van der Waals surface area contributed by atoms with Crippen LogP contribution in [-0.2, 0) is 9.59 Å². The molecule has 1 N–H and O–H groups in total. The third-order valence-corrected chi connectivity index (χ3v) is 6.48. The molecule has 172 valence electrons. The molecular weight excluding hydrogens is 440 g/mol. The fourth-order valence-corrected chi connectivity index (χ4v) is 4.56. The van der Waals surface area contributed by atoms with E-state index in [1.807, 2.05) is 32.0 Å². The van der Waals surface area contributed by atoms with Crippen molar-refractivity contribution in [2.45, 2.75) is 57.9 Å². The zero-order valence-electron chi connectivity index (χ0n) is 18.8. The Bertz CT molecular complexity index is 1100. The number of nitrogens with one attached hydrogen (secondary N) is 1. The number of benzene rings is 2. The van der Waals surface area contributed by atoms with Crippen LogP contribution >= 0.6 is 11.6 Å². The summed E-state index contributed by atoms with van der Waals surface area (Å²) in [5.41, 5.74) is 1.96. The molecular formula is C26H27ClN2O4. The summed E-state index contributed by atoms with van der Waals surface area (Å²) in [6.07, 6.45) is 4.75. The zero-order chi connectivity index (χ0) is 23.5. The molecule has 1 aliphatic heterocycles. The topological polar surface area (TPSA) is 75.7 Å². The summed E-state index contributed by atoms with van der Waals surface area (Å²) in [5, 5.41) is 2.87. The van der Waals surface area contributed by atoms with Crippen LogP contribution in [0.1, 0.15) is 67.8 Å². The van der Waals surface area contributed by atoms with Crippen LogP contribution in [0.2, 0.25) is 0 Å². The van der Waals surface area contributed by atoms with Crippen LogP contribution in [0.15, 0.2) is 59.3 Å². The molecule has 1 heterocycles. The maximum atomic E-state index is 12.9. The van der Waals surface area contributed by atoms with E-state index in [1.54, 1.807) is 30.3 Å². The van der Waals surface area contributed by atoms with Crippen molar-refractivity contribution < 1.29 is 19.1 Å². The molecule has 0 radical (unpaired) electrons. The van der Waals surface area contributed by atoms with Crippen LogP contribution < -0.4 is 10.1 Å². The Labute approximate surface area is 198 Å². The molecule has 2 aromatic carbocycles. The van der Waals surface area contributed by atoms with Gasteiger partial charge < -0.3 is 10.1 Å². The molecule has 4 rings (SSSR count). The predicted octanol–water partition coefficient (Wildman–Crippen LogP) is 5.59. The maximum Gasteiger partial charge on any atom is 0.343 e. The summed E-state index contributed by atoms with van der Waals surface area (Å²) in [6.45, 7) is 4.08. The van der Waals surface area contributed by atoms with E-state index in [2.05, 4.69) is 5.32 Å². The minimum absolute atomic E-state index is 0.0772. The highest BCUT2D eigenvalue weighted by Gasteiger charge is 2.42. The molecule has 0 saturated heterocycles. The minimum Gasteiger partial charge on any atom is -0.423 e. The Morgan fingerprint density at radius 1 is 1.00 bits per heavy atom. The van der Waals surface area contributed by atoms with Gasteiger partial charge in [-0.1, -0.05) is 62.9 Å². The summed E-state index contributed by atoms with van der Waals surface area (Å²) in [5.74, 6) is -0.554. The number of rotatable bonds is 6. The number of carbonyl (C=O) groups is 3. The van der Waals surface area contributed by atoms with Gasteiger partial charge in [0.25, 0.3) is 11.8 Å². The highest BCUT2D eigenvalue weighted by atomic mass is 35.5. The van der Waals surface area contributed by atoms with E-state index in [9.17, 15) is 14.4 Å². The Balaban J connectivity index is 1.45. The van der Waals surface area contributed by atoms with Gasteiger partial charge in [-0.3, -0.25) is 14.5 Å². The van der Waals surface area contributed by atoms with Crippen molar-refractivity contribution in [1.29, 1.82) is 0 Å². The van der Waals surface area contributed by atoms with Gasteiger partial charge in [-0.25, -0.2) is 4.79 Å². The van der Waals surface area contributed by atoms with Gasteiger partial charge in [-0.15, -0.1) is 0 Å². The lowest BCUT2D eigenvalue weighted by molar-refractivity contribution is -0.140. The molecule has 33 heavy (non-hydrogen) atoms. The van der Waals surface area contributed by atoms with E-state index in [1.165, 1.54) is 4.90 Å². The van der Waals surface area contributed by atoms with Gasteiger partial charge in [0.15, 0.2) is 0 Å². The van der Waals surface area contributed by atoms with Gasteiger partial charge in [0, 0.05) is 11.7 Å². The normalized spacial score (nSPS) is 17.2. The quantitative estimate of drug-likeness (QED) is 0.341. The first kappa shape index (κ1) is 23.1. The van der Waals surface area contributed by atoms with Crippen LogP contribution in [-0.4, -0.2) is 28.7 Å². The number of para-hydroxylation sites is 1. The van der Waals surface area contributed by atoms with Gasteiger partial charge >= 0.3 is 5.97 Å². The highest BCUT2D eigenvalue weighted by molar-refractivity contribution is 6.48. The molecule has 2 amide bonds. The van der Waals surface area contributed by atoms with Crippen molar-refractivity contribution in [2.24, 2.45) is 0 Å². The molecule has 0 bridgehead atoms. The van der Waals surface area contributed by atoms with Crippen LogP contribution in [0.4, 0.5) is 5.69 Å². The van der Waals surface area contributed by atoms with E-state index in [0.29, 0.717) is 17.0 Å². The smallest absolute Gasteiger partial charge is 0.343 e. The first-order valence-electron chi connectivity index (χ1n) is 11.3. The lowest BCUT2D eigenvalue weighted by atomic mass is 9.94. The Morgan fingerprint density at radius 3 is 2.33 bits per heavy atom. The maximum absolute atomic E-state index is 12.9. The Morgan fingerprint density at radius 2 is 1.67 bits per heavy atom. The number of carbonyl (C=O) groups excluding carboxylic acids is 3. The van der Waals surface area contributed by atoms with Gasteiger partial charge in [0.05, 0.1) is 5.56 Å². The molecule has 1 fully saturated rings. The predicted molar refractivity (Wildman–Crippen MR) is 127 cm³/mol. The second-order valence-electron chi connectivity index (χ2n) is 8.75. The van der Waals surface area contributed by atoms with Gasteiger partial charge in [0.1, 0.15) is 16.5 Å². The van der Waals surface area contributed by atoms with E-state index in [0.717, 1.165) is 37.7 Å². The fourth-order valence-electron chi connectivity index (χ4n) is 4.34. The fraction of sp³-hybridized carbons (Fsp3) is 0.346. The first-order valence-corrected chi connectivity index (χ1v) is 11.7. The lowest BCUT2D eigenvalue weighted by Gasteiger charge is -2.29. The molecule has 0 unspecified atom stereocenters. The van der Waals surface area contributed by atoms with Crippen LogP contribution in [0.5, 0.6) is 5.75 Å². The van der Waals surface area contributed by atoms with Crippen LogP contribution in [0, 0.1) is 0 Å². The molecule has 0 aromatic heterocycles. The number of hydrogen-bond acceptors (Lipinski definition) is 5. The van der Waals surface area contributed by atoms with Crippen molar-refractivity contribution in [2.75, 3.05) is 5.32 Å². The SMILES string of the molecule is CC(C)c1ccccc1OC(=O)c1ccc(NC2=C(Cl)C(=O)N(C3CCCCC3)C2=O)cc1. The second kappa shape index (κ2) is 9.79. The van der Waals surface area contributed by atoms with Crippen LogP contribution in [0.25, 0.3) is 0 Å². The van der Waals surface area contributed by atoms with E-state index in [-0.39, 0.29) is 22.7 Å². The average molecular weight is 467 g/mol. The summed E-state index contributed by atoms with van der Waals surface area (Å²) < 4.78 is 5.60. The van der Waals surface area contributed by atoms with Gasteiger partial charge in [0.2, 0.25) is 0 Å². The summed E-state index contributed by atoms with van der Waals surface area (Å²) in [6, 6.07) is 13.9. The Kier molecular flexibility index (Phi) is 6.84. The number of halogens is 1. The number of hydrogen-bond donors (Lipinski definition) is 1. The van der Waals surface area contributed by atoms with Crippen molar-refractivity contribution in [3.05, 3.63) is 70.4 Å². The van der Waals surface area contributed by atoms with Crippen molar-refractivity contribution in [3.63, 3.8) is 0 Å². The monoisotopic (exact) mass is 466 g/mol. The molecule has 6 nitrogen and oxygen atoms in total. The molecule has 0 spiro atoms. The third kappa shape index (κ3) is 4.81. The number of anilines is 1. The van der Waals surface area contributed by atoms with Gasteiger partial charge in [-0.2, -0.15) is 0 Å². The summed E-state index contributed by atoms with van der Waals surface area (Å²) in [7, 11) is 0. The number of esters is 1. The highest BCUT2D eigenvalue weighted by Crippen LogP contribution is 2.32. The summed E-state index contributed by atoms with van der Waals surface area (Å²) >= 11 is 6.23.